The van der Waals surface area contributed by atoms with Gasteiger partial charge >= 0.3 is 0 Å². The predicted octanol–water partition coefficient (Wildman–Crippen LogP) is 3.66. The first-order chi connectivity index (χ1) is 13.1. The van der Waals surface area contributed by atoms with Crippen molar-refractivity contribution in [3.63, 3.8) is 0 Å². The molecule has 6 heteroatoms. The van der Waals surface area contributed by atoms with Crippen molar-refractivity contribution in [1.29, 1.82) is 0 Å². The molecular formula is C21H26N2O3S. The molecule has 5 nitrogen and oxygen atoms in total. The average molecular weight is 387 g/mol. The molecule has 2 aromatic rings. The number of carbonyl (C=O) groups is 2. The fourth-order valence-electron chi connectivity index (χ4n) is 2.79. The van der Waals surface area contributed by atoms with E-state index in [0.717, 1.165) is 24.0 Å². The van der Waals surface area contributed by atoms with Crippen LogP contribution in [0.1, 0.15) is 35.7 Å². The van der Waals surface area contributed by atoms with Gasteiger partial charge in [0.2, 0.25) is 0 Å². The molecular weight excluding hydrogens is 360 g/mol. The summed E-state index contributed by atoms with van der Waals surface area (Å²) in [5.41, 5.74) is 5.53. The number of hydrogen-bond acceptors (Lipinski definition) is 4. The molecule has 0 heterocycles. The summed E-state index contributed by atoms with van der Waals surface area (Å²) in [6.07, 6.45) is 4.55. The van der Waals surface area contributed by atoms with Crippen molar-refractivity contribution < 1.29 is 14.8 Å². The van der Waals surface area contributed by atoms with Crippen LogP contribution in [0.4, 0.5) is 0 Å². The lowest BCUT2D eigenvalue weighted by Gasteiger charge is -2.16. The number of benzene rings is 2. The lowest BCUT2D eigenvalue weighted by atomic mass is 10.0. The number of hydrogen-bond donors (Lipinski definition) is 3. The second-order valence-corrected chi connectivity index (χ2v) is 7.29. The minimum absolute atomic E-state index is 0.338. The van der Waals surface area contributed by atoms with Gasteiger partial charge in [0.25, 0.3) is 11.8 Å². The second-order valence-electron chi connectivity index (χ2n) is 6.31. The standard InChI is InChI=1S/C21H26N2O3S/c1-3-4-15-5-7-16(8-6-15)17-9-11-18(12-10-17)20(24)22-19(13-14-27-2)21(25)23-26/h5-12,19,26H,3-4,13-14H2,1-2H3,(H,22,24)(H,23,25). The van der Waals surface area contributed by atoms with E-state index in [9.17, 15) is 9.59 Å². The lowest BCUT2D eigenvalue weighted by molar-refractivity contribution is -0.131. The van der Waals surface area contributed by atoms with E-state index in [-0.39, 0.29) is 5.91 Å². The number of thioether (sulfide) groups is 1. The highest BCUT2D eigenvalue weighted by molar-refractivity contribution is 7.98. The van der Waals surface area contributed by atoms with Crippen molar-refractivity contribution in [2.75, 3.05) is 12.0 Å². The molecule has 1 atom stereocenters. The Hall–Kier alpha value is -2.31. The topological polar surface area (TPSA) is 78.4 Å². The molecule has 0 saturated carbocycles. The van der Waals surface area contributed by atoms with Gasteiger partial charge in [0, 0.05) is 5.56 Å². The first-order valence-electron chi connectivity index (χ1n) is 9.02. The lowest BCUT2D eigenvalue weighted by Crippen LogP contribution is -2.46. The van der Waals surface area contributed by atoms with Gasteiger partial charge < -0.3 is 5.32 Å². The van der Waals surface area contributed by atoms with Crippen LogP contribution in [0, 0.1) is 0 Å². The normalized spacial score (nSPS) is 11.7. The molecule has 0 aliphatic rings. The number of nitrogens with one attached hydrogen (secondary N) is 2. The number of hydroxylamine groups is 1. The van der Waals surface area contributed by atoms with E-state index in [1.165, 1.54) is 5.56 Å². The van der Waals surface area contributed by atoms with E-state index in [2.05, 4.69) is 36.5 Å². The van der Waals surface area contributed by atoms with Gasteiger partial charge in [-0.1, -0.05) is 49.7 Å². The third-order valence-corrected chi connectivity index (χ3v) is 4.96. The van der Waals surface area contributed by atoms with Crippen LogP contribution in [-0.4, -0.2) is 35.1 Å². The summed E-state index contributed by atoms with van der Waals surface area (Å²) in [6, 6.07) is 14.9. The van der Waals surface area contributed by atoms with E-state index in [1.807, 2.05) is 18.4 Å². The van der Waals surface area contributed by atoms with Gasteiger partial charge in [-0.15, -0.1) is 0 Å². The van der Waals surface area contributed by atoms with Crippen LogP contribution in [0.2, 0.25) is 0 Å². The van der Waals surface area contributed by atoms with E-state index in [4.69, 9.17) is 5.21 Å². The van der Waals surface area contributed by atoms with Crippen molar-refractivity contribution in [2.24, 2.45) is 0 Å². The van der Waals surface area contributed by atoms with Gasteiger partial charge in [0.05, 0.1) is 0 Å². The minimum Gasteiger partial charge on any atom is -0.340 e. The van der Waals surface area contributed by atoms with Gasteiger partial charge in [-0.05, 0) is 53.7 Å². The van der Waals surface area contributed by atoms with Crippen LogP contribution >= 0.6 is 11.8 Å². The average Bonchev–Trinajstić information content (AvgIpc) is 2.71. The summed E-state index contributed by atoms with van der Waals surface area (Å²) in [4.78, 5) is 24.1. The van der Waals surface area contributed by atoms with E-state index in [0.29, 0.717) is 17.7 Å². The van der Waals surface area contributed by atoms with Crippen molar-refractivity contribution in [1.82, 2.24) is 10.8 Å². The Labute approximate surface area is 164 Å². The summed E-state index contributed by atoms with van der Waals surface area (Å²) in [7, 11) is 0. The maximum Gasteiger partial charge on any atom is 0.265 e. The van der Waals surface area contributed by atoms with Crippen molar-refractivity contribution in [2.45, 2.75) is 32.2 Å². The predicted molar refractivity (Wildman–Crippen MR) is 110 cm³/mol. The van der Waals surface area contributed by atoms with Gasteiger partial charge in [-0.3, -0.25) is 14.8 Å². The number of carbonyl (C=O) groups excluding carboxylic acids is 2. The Kier molecular flexibility index (Phi) is 8.36. The molecule has 0 aromatic heterocycles. The second kappa shape index (κ2) is 10.7. The molecule has 2 aromatic carbocycles. The smallest absolute Gasteiger partial charge is 0.265 e. The Morgan fingerprint density at radius 2 is 1.63 bits per heavy atom. The van der Waals surface area contributed by atoms with Crippen molar-refractivity contribution in [3.8, 4) is 11.1 Å². The molecule has 0 aliphatic heterocycles. The van der Waals surface area contributed by atoms with Gasteiger partial charge in [-0.25, -0.2) is 5.48 Å². The van der Waals surface area contributed by atoms with Crippen LogP contribution in [-0.2, 0) is 11.2 Å². The summed E-state index contributed by atoms with van der Waals surface area (Å²) in [6.45, 7) is 2.16. The maximum atomic E-state index is 12.4. The van der Waals surface area contributed by atoms with Crippen LogP contribution in [0.25, 0.3) is 11.1 Å². The van der Waals surface area contributed by atoms with Gasteiger partial charge in [-0.2, -0.15) is 11.8 Å². The quantitative estimate of drug-likeness (QED) is 0.454. The molecule has 0 bridgehead atoms. The first-order valence-corrected chi connectivity index (χ1v) is 10.4. The Morgan fingerprint density at radius 3 is 2.15 bits per heavy atom. The van der Waals surface area contributed by atoms with Crippen molar-refractivity contribution in [3.05, 3.63) is 59.7 Å². The molecule has 0 fully saturated rings. The molecule has 0 radical (unpaired) electrons. The molecule has 2 rings (SSSR count). The van der Waals surface area contributed by atoms with Crippen LogP contribution in [0.3, 0.4) is 0 Å². The summed E-state index contributed by atoms with van der Waals surface area (Å²) < 4.78 is 0. The van der Waals surface area contributed by atoms with Crippen LogP contribution in [0.5, 0.6) is 0 Å². The molecule has 0 spiro atoms. The van der Waals surface area contributed by atoms with Gasteiger partial charge in [0.15, 0.2) is 0 Å². The Bertz CT molecular complexity index is 745. The summed E-state index contributed by atoms with van der Waals surface area (Å²) in [5.74, 6) is -0.249. The zero-order valence-corrected chi connectivity index (χ0v) is 16.5. The van der Waals surface area contributed by atoms with E-state index in [1.54, 1.807) is 29.4 Å². The van der Waals surface area contributed by atoms with Crippen LogP contribution < -0.4 is 10.8 Å². The number of aryl methyl sites for hydroxylation is 1. The highest BCUT2D eigenvalue weighted by Gasteiger charge is 2.20. The number of amides is 2. The van der Waals surface area contributed by atoms with Crippen LogP contribution in [0.15, 0.2) is 48.5 Å². The number of rotatable bonds is 9. The molecule has 2 amide bonds. The maximum absolute atomic E-state index is 12.4. The van der Waals surface area contributed by atoms with E-state index >= 15 is 0 Å². The third kappa shape index (κ3) is 6.12. The summed E-state index contributed by atoms with van der Waals surface area (Å²) >= 11 is 1.57. The van der Waals surface area contributed by atoms with Gasteiger partial charge in [0.1, 0.15) is 6.04 Å². The molecule has 144 valence electrons. The third-order valence-electron chi connectivity index (χ3n) is 4.32. The minimum atomic E-state index is -0.763. The zero-order valence-electron chi connectivity index (χ0n) is 15.7. The largest absolute Gasteiger partial charge is 0.340 e. The summed E-state index contributed by atoms with van der Waals surface area (Å²) in [5, 5.41) is 11.5. The molecule has 27 heavy (non-hydrogen) atoms. The highest BCUT2D eigenvalue weighted by Crippen LogP contribution is 2.21. The first kappa shape index (κ1) is 21.0. The zero-order chi connectivity index (χ0) is 19.6. The fraction of sp³-hybridized carbons (Fsp3) is 0.333. The molecule has 0 saturated heterocycles. The highest BCUT2D eigenvalue weighted by atomic mass is 32.2. The fourth-order valence-corrected chi connectivity index (χ4v) is 3.26. The SMILES string of the molecule is CCCc1ccc(-c2ccc(C(=O)NC(CCSC)C(=O)NO)cc2)cc1. The molecule has 0 aliphatic carbocycles. The molecule has 3 N–H and O–H groups in total. The van der Waals surface area contributed by atoms with Crippen molar-refractivity contribution >= 4 is 23.6 Å². The molecule has 1 unspecified atom stereocenters. The Balaban J connectivity index is 2.06. The Morgan fingerprint density at radius 1 is 1.04 bits per heavy atom. The monoisotopic (exact) mass is 386 g/mol. The van der Waals surface area contributed by atoms with E-state index < -0.39 is 11.9 Å².